The molecule has 0 aliphatic heterocycles. The van der Waals surface area contributed by atoms with Crippen LogP contribution in [0.4, 0.5) is 0 Å². The van der Waals surface area contributed by atoms with Crippen LogP contribution in [0.3, 0.4) is 0 Å². The van der Waals surface area contributed by atoms with E-state index in [-0.39, 0.29) is 0 Å². The smallest absolute Gasteiger partial charge is 0.169 e. The molecule has 0 aliphatic carbocycles. The molecule has 2 aromatic carbocycles. The minimum absolute atomic E-state index is 0.455. The van der Waals surface area contributed by atoms with Gasteiger partial charge in [-0.1, -0.05) is 35.9 Å². The van der Waals surface area contributed by atoms with Gasteiger partial charge in [0, 0.05) is 30.5 Å². The van der Waals surface area contributed by atoms with Crippen molar-refractivity contribution in [1.82, 2.24) is 14.6 Å². The topological polar surface area (TPSA) is 42.6 Å². The van der Waals surface area contributed by atoms with Crippen LogP contribution in [0.1, 0.15) is 25.0 Å². The van der Waals surface area contributed by atoms with E-state index in [0.29, 0.717) is 11.6 Å². The molecule has 27 heavy (non-hydrogen) atoms. The van der Waals surface area contributed by atoms with Crippen molar-refractivity contribution >= 4 is 17.4 Å². The number of imidazole rings is 1. The van der Waals surface area contributed by atoms with Gasteiger partial charge in [-0.2, -0.15) is 5.10 Å². The number of hydrazone groups is 1. The van der Waals surface area contributed by atoms with Crippen LogP contribution >= 0.6 is 11.6 Å². The highest BCUT2D eigenvalue weighted by molar-refractivity contribution is 6.30. The lowest BCUT2D eigenvalue weighted by Gasteiger charge is -2.19. The van der Waals surface area contributed by atoms with E-state index in [1.165, 1.54) is 0 Å². The van der Waals surface area contributed by atoms with Crippen molar-refractivity contribution in [2.24, 2.45) is 5.10 Å². The summed E-state index contributed by atoms with van der Waals surface area (Å²) in [5.41, 5.74) is 1.97. The monoisotopic (exact) mass is 382 g/mol. The first kappa shape index (κ1) is 19.0. The molecule has 140 valence electrons. The minimum Gasteiger partial charge on any atom is -0.488 e. The zero-order valence-corrected chi connectivity index (χ0v) is 16.3. The molecule has 0 amide bonds. The summed E-state index contributed by atoms with van der Waals surface area (Å²) in [5.74, 6) is 1.55. The molecular weight excluding hydrogens is 360 g/mol. The van der Waals surface area contributed by atoms with Gasteiger partial charge < -0.3 is 4.74 Å². The lowest BCUT2D eigenvalue weighted by molar-refractivity contribution is 0.304. The fourth-order valence-electron chi connectivity index (χ4n) is 2.65. The van der Waals surface area contributed by atoms with E-state index in [4.69, 9.17) is 21.4 Å². The predicted molar refractivity (Wildman–Crippen MR) is 109 cm³/mol. The number of nitrogens with zero attached hydrogens (tertiary/aromatic N) is 4. The number of ether oxygens (including phenoxy) is 1. The Labute approximate surface area is 164 Å². The molecule has 0 saturated heterocycles. The minimum atomic E-state index is 0.455. The summed E-state index contributed by atoms with van der Waals surface area (Å²) >= 11 is 5.96. The van der Waals surface area contributed by atoms with Crippen LogP contribution in [0.15, 0.2) is 72.4 Å². The van der Waals surface area contributed by atoms with Crippen molar-refractivity contribution in [2.45, 2.75) is 20.5 Å². The molecule has 0 radical (unpaired) electrons. The number of halogens is 1. The molecule has 0 aliphatic rings. The van der Waals surface area contributed by atoms with Gasteiger partial charge in [-0.3, -0.25) is 9.58 Å². The molecular formula is C21H23ClN4O. The molecule has 6 heteroatoms. The number of hydrogen-bond acceptors (Lipinski definition) is 4. The molecule has 0 N–H and O–H groups in total. The SMILES string of the molecule is CCN(CC)/N=C(\c1ccccc1OCc1ccc(Cl)cc1)n1ccnc1. The third-order valence-electron chi connectivity index (χ3n) is 4.15. The fraction of sp³-hybridized carbons (Fsp3) is 0.238. The number of benzene rings is 2. The fourth-order valence-corrected chi connectivity index (χ4v) is 2.77. The lowest BCUT2D eigenvalue weighted by atomic mass is 10.1. The van der Waals surface area contributed by atoms with E-state index in [9.17, 15) is 0 Å². The Hall–Kier alpha value is -2.79. The van der Waals surface area contributed by atoms with Crippen LogP contribution in [0.5, 0.6) is 5.75 Å². The number of para-hydroxylation sites is 1. The van der Waals surface area contributed by atoms with E-state index < -0.39 is 0 Å². The van der Waals surface area contributed by atoms with Crippen LogP contribution in [0.2, 0.25) is 5.02 Å². The first-order chi connectivity index (χ1) is 13.2. The standard InChI is InChI=1S/C21H23ClN4O/c1-3-26(4-2)24-21(25-14-13-23-16-25)19-7-5-6-8-20(19)27-15-17-9-11-18(22)12-10-17/h5-14,16H,3-4,15H2,1-2H3/b24-21+. The zero-order chi connectivity index (χ0) is 19.1. The third-order valence-corrected chi connectivity index (χ3v) is 4.40. The Balaban J connectivity index is 1.92. The van der Waals surface area contributed by atoms with Crippen LogP contribution in [0, 0.1) is 0 Å². The van der Waals surface area contributed by atoms with E-state index in [1.807, 2.05) is 64.3 Å². The lowest BCUT2D eigenvalue weighted by Crippen LogP contribution is -2.23. The Kier molecular flexibility index (Phi) is 6.49. The maximum atomic E-state index is 6.11. The highest BCUT2D eigenvalue weighted by Crippen LogP contribution is 2.22. The van der Waals surface area contributed by atoms with Crippen molar-refractivity contribution in [2.75, 3.05) is 13.1 Å². The maximum Gasteiger partial charge on any atom is 0.169 e. The molecule has 3 aromatic rings. The van der Waals surface area contributed by atoms with Crippen molar-refractivity contribution in [1.29, 1.82) is 0 Å². The summed E-state index contributed by atoms with van der Waals surface area (Å²) in [6.45, 7) is 6.27. The highest BCUT2D eigenvalue weighted by atomic mass is 35.5. The molecule has 0 spiro atoms. The highest BCUT2D eigenvalue weighted by Gasteiger charge is 2.14. The molecule has 1 heterocycles. The molecule has 3 rings (SSSR count). The number of rotatable bonds is 7. The number of aromatic nitrogens is 2. The van der Waals surface area contributed by atoms with Gasteiger partial charge in [0.25, 0.3) is 0 Å². The van der Waals surface area contributed by atoms with Gasteiger partial charge in [0.1, 0.15) is 18.7 Å². The Morgan fingerprint density at radius 1 is 1.11 bits per heavy atom. The normalized spacial score (nSPS) is 11.4. The van der Waals surface area contributed by atoms with E-state index in [2.05, 4.69) is 18.8 Å². The van der Waals surface area contributed by atoms with Crippen molar-refractivity contribution < 1.29 is 4.74 Å². The van der Waals surface area contributed by atoms with Crippen LogP contribution < -0.4 is 4.74 Å². The van der Waals surface area contributed by atoms with E-state index in [0.717, 1.165) is 35.8 Å². The quantitative estimate of drug-likeness (QED) is 0.339. The van der Waals surface area contributed by atoms with Gasteiger partial charge in [0.05, 0.1) is 5.56 Å². The summed E-state index contributed by atoms with van der Waals surface area (Å²) in [7, 11) is 0. The Morgan fingerprint density at radius 2 is 1.85 bits per heavy atom. The Bertz CT molecular complexity index is 871. The van der Waals surface area contributed by atoms with Crippen molar-refractivity contribution in [3.63, 3.8) is 0 Å². The average molecular weight is 383 g/mol. The molecule has 5 nitrogen and oxygen atoms in total. The summed E-state index contributed by atoms with van der Waals surface area (Å²) in [5, 5.41) is 7.55. The van der Waals surface area contributed by atoms with Crippen molar-refractivity contribution in [3.8, 4) is 5.75 Å². The molecule has 0 atom stereocenters. The second kappa shape index (κ2) is 9.24. The second-order valence-corrected chi connectivity index (χ2v) is 6.38. The van der Waals surface area contributed by atoms with Gasteiger partial charge >= 0.3 is 0 Å². The van der Waals surface area contributed by atoms with Crippen LogP contribution in [0.25, 0.3) is 0 Å². The Morgan fingerprint density at radius 3 is 2.52 bits per heavy atom. The maximum absolute atomic E-state index is 6.11. The van der Waals surface area contributed by atoms with Gasteiger partial charge in [-0.15, -0.1) is 0 Å². The van der Waals surface area contributed by atoms with Crippen LogP contribution in [-0.4, -0.2) is 33.5 Å². The molecule has 0 unspecified atom stereocenters. The summed E-state index contributed by atoms with van der Waals surface area (Å²) in [6, 6.07) is 15.6. The van der Waals surface area contributed by atoms with E-state index >= 15 is 0 Å². The van der Waals surface area contributed by atoms with Gasteiger partial charge in [0.2, 0.25) is 0 Å². The largest absolute Gasteiger partial charge is 0.488 e. The molecule has 0 fully saturated rings. The summed E-state index contributed by atoms with van der Waals surface area (Å²) < 4.78 is 8.02. The average Bonchev–Trinajstić information content (AvgIpc) is 3.23. The third kappa shape index (κ3) is 4.89. The molecule has 1 aromatic heterocycles. The van der Waals surface area contributed by atoms with Gasteiger partial charge in [-0.25, -0.2) is 4.98 Å². The first-order valence-corrected chi connectivity index (χ1v) is 9.37. The second-order valence-electron chi connectivity index (χ2n) is 5.94. The number of hydrogen-bond donors (Lipinski definition) is 0. The molecule has 0 saturated carbocycles. The van der Waals surface area contributed by atoms with E-state index in [1.54, 1.807) is 12.5 Å². The summed E-state index contributed by atoms with van der Waals surface area (Å²) in [4.78, 5) is 4.17. The van der Waals surface area contributed by atoms with Gasteiger partial charge in [0.15, 0.2) is 5.84 Å². The van der Waals surface area contributed by atoms with Crippen LogP contribution in [-0.2, 0) is 6.61 Å². The summed E-state index contributed by atoms with van der Waals surface area (Å²) in [6.07, 6.45) is 5.38. The predicted octanol–water partition coefficient (Wildman–Crippen LogP) is 4.67. The zero-order valence-electron chi connectivity index (χ0n) is 15.5. The first-order valence-electron chi connectivity index (χ1n) is 8.99. The van der Waals surface area contributed by atoms with Crippen molar-refractivity contribution in [3.05, 3.63) is 83.4 Å². The van der Waals surface area contributed by atoms with Gasteiger partial charge in [-0.05, 0) is 43.7 Å². The molecule has 0 bridgehead atoms.